The van der Waals surface area contributed by atoms with Gasteiger partial charge in [0, 0.05) is 19.2 Å². The second kappa shape index (κ2) is 7.58. The molecule has 24 heavy (non-hydrogen) atoms. The van der Waals surface area contributed by atoms with Crippen molar-refractivity contribution in [2.45, 2.75) is 27.2 Å². The van der Waals surface area contributed by atoms with Crippen molar-refractivity contribution in [1.82, 2.24) is 10.5 Å². The fraction of sp³-hybridized carbons (Fsp3) is 0.375. The normalized spacial score (nSPS) is 10.5. The van der Waals surface area contributed by atoms with Gasteiger partial charge in [-0.2, -0.15) is 0 Å². The number of aryl methyl sites for hydroxylation is 3. The molecule has 2 rings (SSSR count). The lowest BCUT2D eigenvalue weighted by molar-refractivity contribution is -0.384. The molecule has 0 spiro atoms. The molecule has 8 heteroatoms. The molecule has 0 aliphatic carbocycles. The number of nitrogens with one attached hydrogen (secondary N) is 2. The number of hydrogen-bond donors (Lipinski definition) is 2. The first-order chi connectivity index (χ1) is 11.4. The SMILES string of the molecule is Cc1ccc(NCCCNC(=O)c2c(C)noc2C)c([N+](=O)[O-])c1. The van der Waals surface area contributed by atoms with Crippen LogP contribution >= 0.6 is 0 Å². The van der Waals surface area contributed by atoms with E-state index in [9.17, 15) is 14.9 Å². The van der Waals surface area contributed by atoms with Crippen molar-refractivity contribution in [2.24, 2.45) is 0 Å². The number of carbonyl (C=O) groups excluding carboxylic acids is 1. The van der Waals surface area contributed by atoms with Crippen LogP contribution in [0.5, 0.6) is 0 Å². The van der Waals surface area contributed by atoms with Crippen LogP contribution < -0.4 is 10.6 Å². The summed E-state index contributed by atoms with van der Waals surface area (Å²) in [7, 11) is 0. The Hall–Kier alpha value is -2.90. The Morgan fingerprint density at radius 3 is 2.67 bits per heavy atom. The van der Waals surface area contributed by atoms with Gasteiger partial charge < -0.3 is 15.2 Å². The van der Waals surface area contributed by atoms with Gasteiger partial charge >= 0.3 is 0 Å². The summed E-state index contributed by atoms with van der Waals surface area (Å²) in [5.74, 6) is 0.256. The fourth-order valence-corrected chi connectivity index (χ4v) is 2.35. The number of aromatic nitrogens is 1. The van der Waals surface area contributed by atoms with Crippen LogP contribution in [0.15, 0.2) is 22.7 Å². The highest BCUT2D eigenvalue weighted by molar-refractivity contribution is 5.96. The second-order valence-electron chi connectivity index (χ2n) is 5.51. The number of anilines is 1. The minimum Gasteiger partial charge on any atom is -0.379 e. The quantitative estimate of drug-likeness (QED) is 0.458. The van der Waals surface area contributed by atoms with Crippen LogP contribution in [0.3, 0.4) is 0 Å². The molecule has 1 aromatic carbocycles. The lowest BCUT2D eigenvalue weighted by Gasteiger charge is -2.08. The second-order valence-corrected chi connectivity index (χ2v) is 5.51. The van der Waals surface area contributed by atoms with Gasteiger partial charge in [-0.25, -0.2) is 0 Å². The number of hydrogen-bond acceptors (Lipinski definition) is 6. The molecule has 2 N–H and O–H groups in total. The molecule has 8 nitrogen and oxygen atoms in total. The van der Waals surface area contributed by atoms with Crippen LogP contribution in [0.2, 0.25) is 0 Å². The highest BCUT2D eigenvalue weighted by atomic mass is 16.6. The minimum atomic E-state index is -0.408. The van der Waals surface area contributed by atoms with Gasteiger partial charge in [0.25, 0.3) is 11.6 Å². The highest BCUT2D eigenvalue weighted by Crippen LogP contribution is 2.25. The van der Waals surface area contributed by atoms with Gasteiger partial charge in [-0.15, -0.1) is 0 Å². The van der Waals surface area contributed by atoms with Gasteiger partial charge in [0.1, 0.15) is 17.0 Å². The maximum atomic E-state index is 12.0. The van der Waals surface area contributed by atoms with Crippen LogP contribution in [-0.4, -0.2) is 29.1 Å². The first kappa shape index (κ1) is 17.5. The van der Waals surface area contributed by atoms with Crippen LogP contribution in [0.25, 0.3) is 0 Å². The number of benzene rings is 1. The summed E-state index contributed by atoms with van der Waals surface area (Å²) in [6, 6.07) is 5.03. The molecule has 0 atom stereocenters. The first-order valence-electron chi connectivity index (χ1n) is 7.60. The van der Waals surface area contributed by atoms with E-state index in [1.54, 1.807) is 26.8 Å². The zero-order valence-electron chi connectivity index (χ0n) is 13.9. The Bertz CT molecular complexity index is 735. The van der Waals surface area contributed by atoms with E-state index in [0.29, 0.717) is 42.2 Å². The largest absolute Gasteiger partial charge is 0.379 e. The Morgan fingerprint density at radius 2 is 2.04 bits per heavy atom. The van der Waals surface area contributed by atoms with Gasteiger partial charge in [-0.1, -0.05) is 11.2 Å². The van der Waals surface area contributed by atoms with Gasteiger partial charge in [0.05, 0.1) is 10.6 Å². The molecular weight excluding hydrogens is 312 g/mol. The molecule has 1 heterocycles. The van der Waals surface area contributed by atoms with E-state index in [1.807, 2.05) is 6.07 Å². The van der Waals surface area contributed by atoms with E-state index in [-0.39, 0.29) is 11.6 Å². The molecule has 0 aliphatic rings. The monoisotopic (exact) mass is 332 g/mol. The summed E-state index contributed by atoms with van der Waals surface area (Å²) in [5.41, 5.74) is 2.37. The number of nitro groups is 1. The average Bonchev–Trinajstić information content (AvgIpc) is 2.86. The molecule has 0 saturated heterocycles. The Labute approximate surface area is 139 Å². The standard InChI is InChI=1S/C16H20N4O4/c1-10-5-6-13(14(9-10)20(22)23)17-7-4-8-18-16(21)15-11(2)19-24-12(15)3/h5-6,9,17H,4,7-8H2,1-3H3,(H,18,21). The van der Waals surface area contributed by atoms with Gasteiger partial charge in [-0.05, 0) is 38.8 Å². The van der Waals surface area contributed by atoms with Crippen LogP contribution in [0.1, 0.15) is 33.8 Å². The summed E-state index contributed by atoms with van der Waals surface area (Å²) in [6.45, 7) is 6.15. The number of carbonyl (C=O) groups is 1. The molecule has 0 bridgehead atoms. The van der Waals surface area contributed by atoms with E-state index in [0.717, 1.165) is 5.56 Å². The molecule has 0 saturated carbocycles. The fourth-order valence-electron chi connectivity index (χ4n) is 2.35. The third-order valence-corrected chi connectivity index (χ3v) is 3.56. The van der Waals surface area contributed by atoms with Crippen LogP contribution in [-0.2, 0) is 0 Å². The van der Waals surface area contributed by atoms with E-state index in [4.69, 9.17) is 4.52 Å². The minimum absolute atomic E-state index is 0.0507. The van der Waals surface area contributed by atoms with Crippen molar-refractivity contribution in [1.29, 1.82) is 0 Å². The maximum absolute atomic E-state index is 12.0. The first-order valence-corrected chi connectivity index (χ1v) is 7.60. The third kappa shape index (κ3) is 4.09. The van der Waals surface area contributed by atoms with Gasteiger partial charge in [-0.3, -0.25) is 14.9 Å². The molecule has 1 amide bonds. The predicted octanol–water partition coefficient (Wildman–Crippen LogP) is 2.74. The van der Waals surface area contributed by atoms with E-state index in [1.165, 1.54) is 6.07 Å². The summed E-state index contributed by atoms with van der Waals surface area (Å²) < 4.78 is 4.96. The van der Waals surface area contributed by atoms with Crippen molar-refractivity contribution in [3.05, 3.63) is 50.9 Å². The zero-order chi connectivity index (χ0) is 17.7. The summed E-state index contributed by atoms with van der Waals surface area (Å²) in [6.07, 6.45) is 0.625. The van der Waals surface area contributed by atoms with Gasteiger partial charge in [0.2, 0.25) is 0 Å². The third-order valence-electron chi connectivity index (χ3n) is 3.56. The van der Waals surface area contributed by atoms with Crippen molar-refractivity contribution in [3.8, 4) is 0 Å². The molecule has 0 fully saturated rings. The zero-order valence-corrected chi connectivity index (χ0v) is 13.9. The molecule has 0 aliphatic heterocycles. The van der Waals surface area contributed by atoms with E-state index < -0.39 is 4.92 Å². The van der Waals surface area contributed by atoms with Crippen LogP contribution in [0.4, 0.5) is 11.4 Å². The predicted molar refractivity (Wildman–Crippen MR) is 89.3 cm³/mol. The van der Waals surface area contributed by atoms with E-state index in [2.05, 4.69) is 15.8 Å². The van der Waals surface area contributed by atoms with Crippen molar-refractivity contribution in [2.75, 3.05) is 18.4 Å². The Kier molecular flexibility index (Phi) is 5.51. The molecule has 1 aromatic heterocycles. The van der Waals surface area contributed by atoms with Gasteiger partial charge in [0.15, 0.2) is 0 Å². The smallest absolute Gasteiger partial charge is 0.292 e. The molecule has 0 unspecified atom stereocenters. The summed E-state index contributed by atoms with van der Waals surface area (Å²) in [4.78, 5) is 22.7. The maximum Gasteiger partial charge on any atom is 0.292 e. The van der Waals surface area contributed by atoms with Crippen LogP contribution in [0, 0.1) is 30.9 Å². The van der Waals surface area contributed by atoms with Crippen molar-refractivity contribution < 1.29 is 14.2 Å². The highest BCUT2D eigenvalue weighted by Gasteiger charge is 2.17. The molecule has 2 aromatic rings. The number of nitrogens with zero attached hydrogens (tertiary/aromatic N) is 2. The Balaban J connectivity index is 1.82. The average molecular weight is 332 g/mol. The number of amides is 1. The number of rotatable bonds is 7. The topological polar surface area (TPSA) is 110 Å². The molecule has 128 valence electrons. The van der Waals surface area contributed by atoms with E-state index >= 15 is 0 Å². The number of nitro benzene ring substituents is 1. The molecular formula is C16H20N4O4. The lowest BCUT2D eigenvalue weighted by atomic mass is 10.2. The summed E-state index contributed by atoms with van der Waals surface area (Å²) in [5, 5.41) is 20.6. The summed E-state index contributed by atoms with van der Waals surface area (Å²) >= 11 is 0. The van der Waals surface area contributed by atoms with Crippen molar-refractivity contribution in [3.63, 3.8) is 0 Å². The Morgan fingerprint density at radius 1 is 1.29 bits per heavy atom. The molecule has 0 radical (unpaired) electrons. The van der Waals surface area contributed by atoms with Crippen molar-refractivity contribution >= 4 is 17.3 Å². The lowest BCUT2D eigenvalue weighted by Crippen LogP contribution is -2.26.